The summed E-state index contributed by atoms with van der Waals surface area (Å²) in [6, 6.07) is 0.266. The first kappa shape index (κ1) is 13.7. The molecule has 0 aromatic heterocycles. The van der Waals surface area contributed by atoms with Gasteiger partial charge in [-0.15, -0.1) is 0 Å². The van der Waals surface area contributed by atoms with E-state index < -0.39 is 0 Å². The van der Waals surface area contributed by atoms with Gasteiger partial charge in [0, 0.05) is 17.7 Å². The quantitative estimate of drug-likeness (QED) is 0.333. The van der Waals surface area contributed by atoms with Gasteiger partial charge in [0.1, 0.15) is 0 Å². The van der Waals surface area contributed by atoms with E-state index in [1.54, 1.807) is 0 Å². The molecule has 4 nitrogen and oxygen atoms in total. The molecular formula is C9H21N3OS. The van der Waals surface area contributed by atoms with Crippen LogP contribution in [0.1, 0.15) is 33.1 Å². The molecule has 0 saturated heterocycles. The molecule has 0 heterocycles. The van der Waals surface area contributed by atoms with Crippen LogP contribution in [-0.4, -0.2) is 23.0 Å². The Morgan fingerprint density at radius 1 is 1.43 bits per heavy atom. The van der Waals surface area contributed by atoms with E-state index in [9.17, 15) is 4.79 Å². The Kier molecular flexibility index (Phi) is 7.93. The monoisotopic (exact) mass is 219 g/mol. The van der Waals surface area contributed by atoms with E-state index in [1.165, 1.54) is 0 Å². The number of hydrazine groups is 1. The van der Waals surface area contributed by atoms with Gasteiger partial charge in [0.2, 0.25) is 5.91 Å². The minimum Gasteiger partial charge on any atom is -0.328 e. The molecule has 0 radical (unpaired) electrons. The third-order valence-electron chi connectivity index (χ3n) is 1.91. The van der Waals surface area contributed by atoms with Crippen molar-refractivity contribution in [2.75, 3.05) is 5.75 Å². The highest BCUT2D eigenvalue weighted by molar-refractivity contribution is 7.99. The number of carbonyl (C=O) groups is 1. The first-order chi connectivity index (χ1) is 6.56. The normalized spacial score (nSPS) is 14.9. The molecule has 5 N–H and O–H groups in total. The number of nitrogens with one attached hydrogen (secondary N) is 1. The maximum absolute atomic E-state index is 10.8. The summed E-state index contributed by atoms with van der Waals surface area (Å²) in [7, 11) is 0. The lowest BCUT2D eigenvalue weighted by Crippen LogP contribution is -2.30. The number of carbonyl (C=O) groups excluding carboxylic acids is 1. The highest BCUT2D eigenvalue weighted by Crippen LogP contribution is 2.16. The number of hydrogen-bond donors (Lipinski definition) is 3. The molecular weight excluding hydrogens is 198 g/mol. The third-order valence-corrected chi connectivity index (χ3v) is 3.19. The minimum absolute atomic E-state index is 0.0929. The zero-order valence-corrected chi connectivity index (χ0v) is 9.77. The van der Waals surface area contributed by atoms with Crippen molar-refractivity contribution in [2.24, 2.45) is 11.6 Å². The predicted molar refractivity (Wildman–Crippen MR) is 61.8 cm³/mol. The van der Waals surface area contributed by atoms with E-state index >= 15 is 0 Å². The van der Waals surface area contributed by atoms with Crippen LogP contribution in [0.5, 0.6) is 0 Å². The predicted octanol–water partition coefficient (Wildman–Crippen LogP) is 0.616. The molecule has 84 valence electrons. The van der Waals surface area contributed by atoms with Crippen LogP contribution in [0.3, 0.4) is 0 Å². The second kappa shape index (κ2) is 8.08. The molecule has 5 heteroatoms. The summed E-state index contributed by atoms with van der Waals surface area (Å²) in [5.74, 6) is 5.94. The molecule has 1 amide bonds. The summed E-state index contributed by atoms with van der Waals surface area (Å²) in [5, 5.41) is 0.492. The lowest BCUT2D eigenvalue weighted by atomic mass is 10.2. The average Bonchev–Trinajstić information content (AvgIpc) is 2.13. The van der Waals surface area contributed by atoms with Crippen LogP contribution in [0, 0.1) is 0 Å². The van der Waals surface area contributed by atoms with Crippen molar-refractivity contribution in [3.8, 4) is 0 Å². The summed E-state index contributed by atoms with van der Waals surface area (Å²) < 4.78 is 0. The molecule has 0 aromatic carbocycles. The van der Waals surface area contributed by atoms with Gasteiger partial charge in [0.15, 0.2) is 0 Å². The van der Waals surface area contributed by atoms with Crippen LogP contribution in [0.15, 0.2) is 0 Å². The second-order valence-corrected chi connectivity index (χ2v) is 5.10. The molecule has 0 fully saturated rings. The standard InChI is InChI=1S/C9H21N3OS/c1-7(10)5-6-14-8(2)3-4-9(13)12-11/h7-8H,3-6,10-11H2,1-2H3,(H,12,13). The van der Waals surface area contributed by atoms with Crippen molar-refractivity contribution in [1.82, 2.24) is 5.43 Å². The summed E-state index contributed by atoms with van der Waals surface area (Å²) in [6.45, 7) is 4.13. The molecule has 0 rings (SSSR count). The molecule has 0 aromatic rings. The number of hydrogen-bond acceptors (Lipinski definition) is 4. The molecule has 0 saturated carbocycles. The van der Waals surface area contributed by atoms with Crippen LogP contribution >= 0.6 is 11.8 Å². The van der Waals surface area contributed by atoms with Gasteiger partial charge in [-0.25, -0.2) is 5.84 Å². The Balaban J connectivity index is 3.36. The van der Waals surface area contributed by atoms with E-state index in [0.717, 1.165) is 18.6 Å². The summed E-state index contributed by atoms with van der Waals surface area (Å²) >= 11 is 1.86. The average molecular weight is 219 g/mol. The maximum atomic E-state index is 10.8. The Morgan fingerprint density at radius 2 is 2.07 bits per heavy atom. The topological polar surface area (TPSA) is 81.1 Å². The van der Waals surface area contributed by atoms with Crippen LogP contribution in [0.2, 0.25) is 0 Å². The third kappa shape index (κ3) is 8.34. The molecule has 0 aliphatic carbocycles. The van der Waals surface area contributed by atoms with Gasteiger partial charge in [-0.2, -0.15) is 11.8 Å². The number of thioether (sulfide) groups is 1. The highest BCUT2D eigenvalue weighted by atomic mass is 32.2. The molecule has 0 bridgehead atoms. The van der Waals surface area contributed by atoms with Crippen LogP contribution in [0.4, 0.5) is 0 Å². The molecule has 0 spiro atoms. The summed E-state index contributed by atoms with van der Waals surface area (Å²) in [6.07, 6.45) is 2.40. The van der Waals surface area contributed by atoms with E-state index in [4.69, 9.17) is 11.6 Å². The molecule has 2 unspecified atom stereocenters. The van der Waals surface area contributed by atoms with Gasteiger partial charge in [0.25, 0.3) is 0 Å². The number of nitrogens with two attached hydrogens (primary N) is 2. The zero-order valence-electron chi connectivity index (χ0n) is 8.95. The van der Waals surface area contributed by atoms with Crippen molar-refractivity contribution in [1.29, 1.82) is 0 Å². The van der Waals surface area contributed by atoms with Crippen molar-refractivity contribution in [3.05, 3.63) is 0 Å². The van der Waals surface area contributed by atoms with Crippen molar-refractivity contribution >= 4 is 17.7 Å². The molecule has 2 atom stereocenters. The van der Waals surface area contributed by atoms with Crippen molar-refractivity contribution in [3.63, 3.8) is 0 Å². The zero-order chi connectivity index (χ0) is 11.0. The summed E-state index contributed by atoms with van der Waals surface area (Å²) in [5.41, 5.74) is 7.75. The smallest absolute Gasteiger partial charge is 0.233 e. The fourth-order valence-corrected chi connectivity index (χ4v) is 2.14. The lowest BCUT2D eigenvalue weighted by Gasteiger charge is -2.11. The van der Waals surface area contributed by atoms with E-state index in [2.05, 4.69) is 12.3 Å². The van der Waals surface area contributed by atoms with E-state index in [-0.39, 0.29) is 11.9 Å². The van der Waals surface area contributed by atoms with Crippen LogP contribution < -0.4 is 17.0 Å². The molecule has 0 aliphatic rings. The Labute approximate surface area is 90.1 Å². The van der Waals surface area contributed by atoms with Crippen molar-refractivity contribution < 1.29 is 4.79 Å². The Bertz CT molecular complexity index is 164. The van der Waals surface area contributed by atoms with Gasteiger partial charge in [-0.1, -0.05) is 6.92 Å². The summed E-state index contributed by atoms with van der Waals surface area (Å²) in [4.78, 5) is 10.8. The minimum atomic E-state index is -0.0929. The second-order valence-electron chi connectivity index (χ2n) is 3.55. The van der Waals surface area contributed by atoms with Gasteiger partial charge in [-0.05, 0) is 25.5 Å². The SMILES string of the molecule is CC(N)CCSC(C)CCC(=O)NN. The first-order valence-corrected chi connectivity index (χ1v) is 5.97. The highest BCUT2D eigenvalue weighted by Gasteiger charge is 2.06. The van der Waals surface area contributed by atoms with Gasteiger partial charge >= 0.3 is 0 Å². The number of amides is 1. The van der Waals surface area contributed by atoms with Crippen molar-refractivity contribution in [2.45, 2.75) is 44.4 Å². The van der Waals surface area contributed by atoms with Crippen LogP contribution in [-0.2, 0) is 4.79 Å². The molecule has 14 heavy (non-hydrogen) atoms. The van der Waals surface area contributed by atoms with Gasteiger partial charge in [-0.3, -0.25) is 10.2 Å². The van der Waals surface area contributed by atoms with E-state index in [1.807, 2.05) is 18.7 Å². The van der Waals surface area contributed by atoms with Gasteiger partial charge < -0.3 is 5.73 Å². The Hall–Kier alpha value is -0.260. The maximum Gasteiger partial charge on any atom is 0.233 e. The fourth-order valence-electron chi connectivity index (χ4n) is 0.945. The first-order valence-electron chi connectivity index (χ1n) is 4.93. The fraction of sp³-hybridized carbons (Fsp3) is 0.889. The van der Waals surface area contributed by atoms with E-state index in [0.29, 0.717) is 11.7 Å². The number of rotatable bonds is 7. The van der Waals surface area contributed by atoms with Gasteiger partial charge in [0.05, 0.1) is 0 Å². The van der Waals surface area contributed by atoms with Crippen LogP contribution in [0.25, 0.3) is 0 Å². The molecule has 0 aliphatic heterocycles. The largest absolute Gasteiger partial charge is 0.328 e. The lowest BCUT2D eigenvalue weighted by molar-refractivity contribution is -0.121. The Morgan fingerprint density at radius 3 is 2.57 bits per heavy atom.